The van der Waals surface area contributed by atoms with Crippen LogP contribution in [0.15, 0.2) is 29.2 Å². The topological polar surface area (TPSA) is 29.5 Å². The summed E-state index contributed by atoms with van der Waals surface area (Å²) < 4.78 is 5.52. The molecular formula is C15H21NO2S. The summed E-state index contributed by atoms with van der Waals surface area (Å²) in [6, 6.07) is 7.79. The highest BCUT2D eigenvalue weighted by atomic mass is 32.2. The lowest BCUT2D eigenvalue weighted by molar-refractivity contribution is -0.0277. The molecule has 0 saturated carbocycles. The van der Waals surface area contributed by atoms with Crippen molar-refractivity contribution in [1.82, 2.24) is 4.90 Å². The molecule has 1 heterocycles. The molecule has 1 aromatic carbocycles. The van der Waals surface area contributed by atoms with Gasteiger partial charge in [-0.15, -0.1) is 11.8 Å². The molecule has 19 heavy (non-hydrogen) atoms. The number of morpholine rings is 1. The molecule has 1 aliphatic rings. The Bertz CT molecular complexity index is 432. The Morgan fingerprint density at radius 2 is 2.11 bits per heavy atom. The number of nitrogens with zero attached hydrogens (tertiary/aromatic N) is 1. The average Bonchev–Trinajstić information content (AvgIpc) is 2.46. The lowest BCUT2D eigenvalue weighted by Gasteiger charge is -2.34. The molecule has 0 N–H and O–H groups in total. The summed E-state index contributed by atoms with van der Waals surface area (Å²) in [5.41, 5.74) is 0.796. The Kier molecular flexibility index (Phi) is 5.02. The summed E-state index contributed by atoms with van der Waals surface area (Å²) in [4.78, 5) is 15.9. The minimum Gasteiger partial charge on any atom is -0.376 e. The molecule has 1 aliphatic heterocycles. The van der Waals surface area contributed by atoms with Crippen LogP contribution >= 0.6 is 11.8 Å². The third-order valence-corrected chi connectivity index (χ3v) is 4.32. The van der Waals surface area contributed by atoms with E-state index in [4.69, 9.17) is 4.74 Å². The van der Waals surface area contributed by atoms with Crippen LogP contribution in [-0.2, 0) is 4.74 Å². The van der Waals surface area contributed by atoms with E-state index in [-0.39, 0.29) is 17.9 Å². The van der Waals surface area contributed by atoms with Gasteiger partial charge in [0.2, 0.25) is 0 Å². The first-order valence-electron chi connectivity index (χ1n) is 6.65. The molecule has 2 rings (SSSR count). The summed E-state index contributed by atoms with van der Waals surface area (Å²) in [7, 11) is 0. The van der Waals surface area contributed by atoms with E-state index in [1.807, 2.05) is 37.4 Å². The quantitative estimate of drug-likeness (QED) is 0.626. The van der Waals surface area contributed by atoms with Crippen LogP contribution in [0.25, 0.3) is 0 Å². The van der Waals surface area contributed by atoms with Crippen LogP contribution in [0.1, 0.15) is 24.2 Å². The molecule has 104 valence electrons. The smallest absolute Gasteiger partial charge is 0.179 e. The minimum atomic E-state index is -0.0773. The number of ether oxygens (including phenoxy) is 1. The Labute approximate surface area is 119 Å². The fourth-order valence-corrected chi connectivity index (χ4v) is 2.77. The maximum atomic E-state index is 12.5. The van der Waals surface area contributed by atoms with Crippen LogP contribution in [0.2, 0.25) is 0 Å². The summed E-state index contributed by atoms with van der Waals surface area (Å²) in [6.07, 6.45) is 2.25. The number of Topliss-reactive ketones (excluding diaryl/α,β-unsaturated/α-hetero) is 1. The van der Waals surface area contributed by atoms with Crippen LogP contribution < -0.4 is 0 Å². The van der Waals surface area contributed by atoms with Gasteiger partial charge < -0.3 is 4.74 Å². The van der Waals surface area contributed by atoms with E-state index in [1.165, 1.54) is 4.90 Å². The van der Waals surface area contributed by atoms with Crippen molar-refractivity contribution in [3.05, 3.63) is 29.8 Å². The van der Waals surface area contributed by atoms with Gasteiger partial charge >= 0.3 is 0 Å². The largest absolute Gasteiger partial charge is 0.376 e. The second-order valence-corrected chi connectivity index (χ2v) is 5.82. The lowest BCUT2D eigenvalue weighted by atomic mass is 10.0. The minimum absolute atomic E-state index is 0.0773. The predicted octanol–water partition coefficient (Wildman–Crippen LogP) is 2.70. The molecule has 2 atom stereocenters. The molecule has 0 aliphatic carbocycles. The van der Waals surface area contributed by atoms with Crippen LogP contribution in [-0.4, -0.2) is 48.8 Å². The zero-order valence-electron chi connectivity index (χ0n) is 11.8. The van der Waals surface area contributed by atoms with Crippen molar-refractivity contribution >= 4 is 17.5 Å². The van der Waals surface area contributed by atoms with Crippen molar-refractivity contribution in [3.63, 3.8) is 0 Å². The monoisotopic (exact) mass is 279 g/mol. The van der Waals surface area contributed by atoms with E-state index >= 15 is 0 Å². The van der Waals surface area contributed by atoms with Gasteiger partial charge in [-0.05, 0) is 32.2 Å². The molecule has 0 amide bonds. The number of carbonyl (C=O) groups is 1. The molecule has 0 aromatic heterocycles. The maximum absolute atomic E-state index is 12.5. The van der Waals surface area contributed by atoms with Crippen molar-refractivity contribution < 1.29 is 9.53 Å². The Morgan fingerprint density at radius 3 is 2.68 bits per heavy atom. The maximum Gasteiger partial charge on any atom is 0.179 e. The number of hydrogen-bond acceptors (Lipinski definition) is 4. The summed E-state index contributed by atoms with van der Waals surface area (Å²) >= 11 is 1.69. The number of carbonyl (C=O) groups excluding carboxylic acids is 1. The van der Waals surface area contributed by atoms with Gasteiger partial charge in [-0.2, -0.15) is 0 Å². The van der Waals surface area contributed by atoms with E-state index in [9.17, 15) is 4.79 Å². The molecule has 1 fully saturated rings. The van der Waals surface area contributed by atoms with Gasteiger partial charge in [0.15, 0.2) is 5.78 Å². The second-order valence-electron chi connectivity index (χ2n) is 4.95. The normalized spacial score (nSPS) is 22.2. The van der Waals surface area contributed by atoms with Crippen molar-refractivity contribution in [3.8, 4) is 0 Å². The summed E-state index contributed by atoms with van der Waals surface area (Å²) in [6.45, 7) is 6.42. The van der Waals surface area contributed by atoms with Gasteiger partial charge in [-0.1, -0.05) is 12.1 Å². The first-order valence-corrected chi connectivity index (χ1v) is 7.88. The highest BCUT2D eigenvalue weighted by molar-refractivity contribution is 7.98. The van der Waals surface area contributed by atoms with Gasteiger partial charge in [-0.25, -0.2) is 0 Å². The molecular weight excluding hydrogens is 258 g/mol. The van der Waals surface area contributed by atoms with E-state index < -0.39 is 0 Å². The SMILES string of the molecule is CSc1ccc(C(=O)C(C)N2CCOC(C)C2)cc1. The molecule has 4 heteroatoms. The van der Waals surface area contributed by atoms with Crippen LogP contribution in [0.4, 0.5) is 0 Å². The zero-order chi connectivity index (χ0) is 13.8. The summed E-state index contributed by atoms with van der Waals surface area (Å²) in [5, 5.41) is 0. The molecule has 3 nitrogen and oxygen atoms in total. The predicted molar refractivity (Wildman–Crippen MR) is 79.0 cm³/mol. The highest BCUT2D eigenvalue weighted by Crippen LogP contribution is 2.18. The second kappa shape index (κ2) is 6.55. The molecule has 0 radical (unpaired) electrons. The third kappa shape index (κ3) is 3.59. The Morgan fingerprint density at radius 1 is 1.42 bits per heavy atom. The molecule has 2 unspecified atom stereocenters. The van der Waals surface area contributed by atoms with Gasteiger partial charge in [0, 0.05) is 23.5 Å². The number of rotatable bonds is 4. The number of thioether (sulfide) groups is 1. The standard InChI is InChI=1S/C15H21NO2S/c1-11-10-16(8-9-18-11)12(2)15(17)13-4-6-14(19-3)7-5-13/h4-7,11-12H,8-10H2,1-3H3. The van der Waals surface area contributed by atoms with Gasteiger partial charge in [0.05, 0.1) is 18.8 Å². The number of ketones is 1. The van der Waals surface area contributed by atoms with Gasteiger partial charge in [0.1, 0.15) is 0 Å². The third-order valence-electron chi connectivity index (χ3n) is 3.57. The van der Waals surface area contributed by atoms with Crippen molar-refractivity contribution in [2.24, 2.45) is 0 Å². The first-order chi connectivity index (χ1) is 9.11. The Balaban J connectivity index is 2.05. The van der Waals surface area contributed by atoms with Gasteiger partial charge in [-0.3, -0.25) is 9.69 Å². The summed E-state index contributed by atoms with van der Waals surface area (Å²) in [5.74, 6) is 0.196. The number of benzene rings is 1. The van der Waals surface area contributed by atoms with Crippen molar-refractivity contribution in [1.29, 1.82) is 0 Å². The van der Waals surface area contributed by atoms with E-state index in [1.54, 1.807) is 11.8 Å². The molecule has 0 bridgehead atoms. The van der Waals surface area contributed by atoms with Crippen LogP contribution in [0.5, 0.6) is 0 Å². The highest BCUT2D eigenvalue weighted by Gasteiger charge is 2.26. The van der Waals surface area contributed by atoms with E-state index in [2.05, 4.69) is 11.8 Å². The van der Waals surface area contributed by atoms with E-state index in [0.29, 0.717) is 6.61 Å². The van der Waals surface area contributed by atoms with E-state index in [0.717, 1.165) is 18.7 Å². The fourth-order valence-electron chi connectivity index (χ4n) is 2.36. The average molecular weight is 279 g/mol. The van der Waals surface area contributed by atoms with Gasteiger partial charge in [0.25, 0.3) is 0 Å². The molecule has 0 spiro atoms. The van der Waals surface area contributed by atoms with Crippen molar-refractivity contribution in [2.45, 2.75) is 30.9 Å². The fraction of sp³-hybridized carbons (Fsp3) is 0.533. The van der Waals surface area contributed by atoms with Crippen molar-refractivity contribution in [2.75, 3.05) is 26.0 Å². The van der Waals surface area contributed by atoms with Crippen LogP contribution in [0, 0.1) is 0 Å². The molecule has 1 saturated heterocycles. The number of hydrogen-bond donors (Lipinski definition) is 0. The zero-order valence-corrected chi connectivity index (χ0v) is 12.6. The first kappa shape index (κ1) is 14.6. The van der Waals surface area contributed by atoms with Crippen LogP contribution in [0.3, 0.4) is 0 Å². The Hall–Kier alpha value is -0.840. The lowest BCUT2D eigenvalue weighted by Crippen LogP contribution is -2.48. The molecule has 1 aromatic rings.